The molecule has 0 aliphatic rings. The minimum Gasteiger partial charge on any atom is -0.0654 e. The van der Waals surface area contributed by atoms with Gasteiger partial charge in [-0.25, -0.2) is 0 Å². The summed E-state index contributed by atoms with van der Waals surface area (Å²) in [5, 5.41) is 0. The van der Waals surface area contributed by atoms with Gasteiger partial charge in [-0.2, -0.15) is 0 Å². The van der Waals surface area contributed by atoms with Gasteiger partial charge in [-0.1, -0.05) is 176 Å². The third-order valence-electron chi connectivity index (χ3n) is 7.99. The molecule has 1 unspecified atom stereocenters. The smallest absolute Gasteiger partial charge is 0.0354 e. The fourth-order valence-corrected chi connectivity index (χ4v) is 5.48. The third-order valence-corrected chi connectivity index (χ3v) is 7.99. The molecule has 194 valence electrons. The van der Waals surface area contributed by atoms with Gasteiger partial charge in [0.15, 0.2) is 0 Å². The second kappa shape index (κ2) is 22.8. The van der Waals surface area contributed by atoms with Crippen molar-refractivity contribution in [2.45, 2.75) is 189 Å². The molecule has 0 saturated carbocycles. The second-order valence-corrected chi connectivity index (χ2v) is 12.2. The Labute approximate surface area is 206 Å². The van der Waals surface area contributed by atoms with Crippen molar-refractivity contribution in [2.75, 3.05) is 0 Å². The molecule has 0 N–H and O–H groups in total. The zero-order chi connectivity index (χ0) is 23.9. The molecule has 0 aromatic carbocycles. The van der Waals surface area contributed by atoms with Crippen LogP contribution in [0.4, 0.5) is 0 Å². The van der Waals surface area contributed by atoms with E-state index in [1.54, 1.807) is 0 Å². The average Bonchev–Trinajstić information content (AvgIpc) is 2.75. The Hall–Kier alpha value is 0. The lowest BCUT2D eigenvalue weighted by Crippen LogP contribution is -2.21. The maximum atomic E-state index is 2.51. The van der Waals surface area contributed by atoms with E-state index < -0.39 is 0 Å². The Balaban J connectivity index is 4.42. The maximum Gasteiger partial charge on any atom is -0.0354 e. The van der Waals surface area contributed by atoms with E-state index in [9.17, 15) is 0 Å². The van der Waals surface area contributed by atoms with Crippen molar-refractivity contribution >= 4 is 0 Å². The number of hydrogen-bond donors (Lipinski definition) is 0. The van der Waals surface area contributed by atoms with Gasteiger partial charge in [0.25, 0.3) is 0 Å². The lowest BCUT2D eigenvalue weighted by molar-refractivity contribution is 0.188. The van der Waals surface area contributed by atoms with Gasteiger partial charge in [-0.3, -0.25) is 0 Å². The third kappa shape index (κ3) is 20.6. The fourth-order valence-electron chi connectivity index (χ4n) is 5.48. The normalized spacial score (nSPS) is 13.2. The molecule has 1 atom stereocenters. The lowest BCUT2D eigenvalue weighted by atomic mass is 9.73. The van der Waals surface area contributed by atoms with Crippen LogP contribution < -0.4 is 0 Å². The molecule has 0 aliphatic heterocycles. The summed E-state index contributed by atoms with van der Waals surface area (Å²) in [5.74, 6) is 1.92. The minimum absolute atomic E-state index is 0.480. The summed E-state index contributed by atoms with van der Waals surface area (Å²) in [7, 11) is 0. The summed E-state index contributed by atoms with van der Waals surface area (Å²) in [6.45, 7) is 14.5. The van der Waals surface area contributed by atoms with E-state index in [-0.39, 0.29) is 0 Å². The molecular weight excluding hydrogens is 384 g/mol. The maximum absolute atomic E-state index is 2.51. The predicted octanol–water partition coefficient (Wildman–Crippen LogP) is 12.3. The molecule has 0 aromatic rings. The Bertz CT molecular complexity index is 334. The van der Waals surface area contributed by atoms with Crippen LogP contribution in [0, 0.1) is 17.3 Å². The molecule has 0 saturated heterocycles. The fraction of sp³-hybridized carbons (Fsp3) is 1.00. The molecule has 0 spiro atoms. The SMILES string of the molecule is CCCCCCCCC(CCCCCCCC)CCC(CCCCCCCC)C(C)(C)C. The molecule has 0 heterocycles. The predicted molar refractivity (Wildman–Crippen MR) is 150 cm³/mol. The van der Waals surface area contributed by atoms with Crippen LogP contribution in [0.3, 0.4) is 0 Å². The molecule has 0 nitrogen and oxygen atoms in total. The molecule has 0 heteroatoms. The molecule has 0 radical (unpaired) electrons. The Kier molecular flexibility index (Phi) is 22.8. The monoisotopic (exact) mass is 451 g/mol. The van der Waals surface area contributed by atoms with Gasteiger partial charge in [0.2, 0.25) is 0 Å². The number of unbranched alkanes of at least 4 members (excludes halogenated alkanes) is 15. The van der Waals surface area contributed by atoms with Crippen molar-refractivity contribution < 1.29 is 0 Å². The van der Waals surface area contributed by atoms with Gasteiger partial charge in [-0.15, -0.1) is 0 Å². The van der Waals surface area contributed by atoms with Gasteiger partial charge in [0, 0.05) is 0 Å². The van der Waals surface area contributed by atoms with Crippen LogP contribution in [-0.2, 0) is 0 Å². The second-order valence-electron chi connectivity index (χ2n) is 12.2. The number of hydrogen-bond acceptors (Lipinski definition) is 0. The summed E-state index contributed by atoms with van der Waals surface area (Å²) >= 11 is 0. The lowest BCUT2D eigenvalue weighted by Gasteiger charge is -2.32. The van der Waals surface area contributed by atoms with Gasteiger partial charge in [-0.05, 0) is 30.1 Å². The summed E-state index contributed by atoms with van der Waals surface area (Å²) < 4.78 is 0. The van der Waals surface area contributed by atoms with Crippen LogP contribution in [0.1, 0.15) is 189 Å². The molecule has 0 aliphatic carbocycles. The Morgan fingerprint density at radius 3 is 1.09 bits per heavy atom. The van der Waals surface area contributed by atoms with Crippen molar-refractivity contribution in [1.29, 1.82) is 0 Å². The van der Waals surface area contributed by atoms with Gasteiger partial charge < -0.3 is 0 Å². The zero-order valence-electron chi connectivity index (χ0n) is 23.9. The van der Waals surface area contributed by atoms with Crippen molar-refractivity contribution in [2.24, 2.45) is 17.3 Å². The minimum atomic E-state index is 0.480. The van der Waals surface area contributed by atoms with Crippen molar-refractivity contribution in [3.05, 3.63) is 0 Å². The molecule has 0 aromatic heterocycles. The quantitative estimate of drug-likeness (QED) is 0.128. The first-order valence-corrected chi connectivity index (χ1v) is 15.5. The number of rotatable bonds is 24. The molecule has 32 heavy (non-hydrogen) atoms. The first-order valence-electron chi connectivity index (χ1n) is 15.5. The van der Waals surface area contributed by atoms with Crippen LogP contribution in [0.2, 0.25) is 0 Å². The first kappa shape index (κ1) is 32.0. The molecule has 0 amide bonds. The highest BCUT2D eigenvalue weighted by Crippen LogP contribution is 2.36. The molecular formula is C32H66. The van der Waals surface area contributed by atoms with Crippen molar-refractivity contribution in [3.8, 4) is 0 Å². The zero-order valence-corrected chi connectivity index (χ0v) is 23.9. The van der Waals surface area contributed by atoms with Crippen molar-refractivity contribution in [3.63, 3.8) is 0 Å². The van der Waals surface area contributed by atoms with E-state index in [2.05, 4.69) is 41.5 Å². The van der Waals surface area contributed by atoms with Crippen LogP contribution >= 0.6 is 0 Å². The van der Waals surface area contributed by atoms with E-state index in [4.69, 9.17) is 0 Å². The van der Waals surface area contributed by atoms with Crippen LogP contribution in [0.15, 0.2) is 0 Å². The Morgan fingerprint density at radius 2 is 0.719 bits per heavy atom. The average molecular weight is 451 g/mol. The van der Waals surface area contributed by atoms with Crippen LogP contribution in [0.5, 0.6) is 0 Å². The van der Waals surface area contributed by atoms with E-state index in [0.29, 0.717) is 5.41 Å². The Morgan fingerprint density at radius 1 is 0.375 bits per heavy atom. The topological polar surface area (TPSA) is 0 Å². The van der Waals surface area contributed by atoms with E-state index in [1.807, 2.05) is 0 Å². The summed E-state index contributed by atoms with van der Waals surface area (Å²) in [4.78, 5) is 0. The van der Waals surface area contributed by atoms with Crippen molar-refractivity contribution in [1.82, 2.24) is 0 Å². The molecule has 0 bridgehead atoms. The van der Waals surface area contributed by atoms with E-state index >= 15 is 0 Å². The first-order chi connectivity index (χ1) is 15.5. The van der Waals surface area contributed by atoms with Crippen LogP contribution in [0.25, 0.3) is 0 Å². The summed E-state index contributed by atoms with van der Waals surface area (Å²) in [6, 6.07) is 0. The molecule has 0 rings (SSSR count). The molecule has 0 fully saturated rings. The highest BCUT2D eigenvalue weighted by atomic mass is 14.3. The summed E-state index contributed by atoms with van der Waals surface area (Å²) in [5.41, 5.74) is 0.480. The van der Waals surface area contributed by atoms with E-state index in [0.717, 1.165) is 11.8 Å². The van der Waals surface area contributed by atoms with Gasteiger partial charge >= 0.3 is 0 Å². The summed E-state index contributed by atoms with van der Waals surface area (Å²) in [6.07, 6.45) is 33.5. The highest BCUT2D eigenvalue weighted by Gasteiger charge is 2.25. The van der Waals surface area contributed by atoms with Gasteiger partial charge in [0.05, 0.1) is 0 Å². The largest absolute Gasteiger partial charge is 0.0654 e. The highest BCUT2D eigenvalue weighted by molar-refractivity contribution is 4.76. The standard InChI is InChI=1S/C32H66/c1-7-10-13-16-19-22-25-30(26-23-20-17-14-11-8-2)28-29-31(32(4,5)6)27-24-21-18-15-12-9-3/h30-31H,7-29H2,1-6H3. The van der Waals surface area contributed by atoms with E-state index in [1.165, 1.54) is 148 Å². The van der Waals surface area contributed by atoms with Crippen LogP contribution in [-0.4, -0.2) is 0 Å². The van der Waals surface area contributed by atoms with Gasteiger partial charge in [0.1, 0.15) is 0 Å².